The van der Waals surface area contributed by atoms with Gasteiger partial charge in [0.2, 0.25) is 0 Å². The highest BCUT2D eigenvalue weighted by Gasteiger charge is 2.19. The van der Waals surface area contributed by atoms with Crippen LogP contribution in [0.25, 0.3) is 11.2 Å². The number of nitrogens with zero attached hydrogens (tertiary/aromatic N) is 4. The minimum Gasteiger partial charge on any atom is -0.497 e. The van der Waals surface area contributed by atoms with Gasteiger partial charge in [-0.05, 0) is 30.5 Å². The second kappa shape index (κ2) is 8.79. The second-order valence-electron chi connectivity index (χ2n) is 6.38. The molecular weight excluding hydrogens is 346 g/mol. The van der Waals surface area contributed by atoms with Crippen molar-refractivity contribution in [2.75, 3.05) is 25.6 Å². The number of methoxy groups -OCH3 is 1. The van der Waals surface area contributed by atoms with Crippen molar-refractivity contribution >= 4 is 17.0 Å². The van der Waals surface area contributed by atoms with Gasteiger partial charge in [0.05, 0.1) is 13.4 Å². The largest absolute Gasteiger partial charge is 0.497 e. The smallest absolute Gasteiger partial charge is 0.165 e. The first-order chi connectivity index (χ1) is 13.2. The molecule has 0 aliphatic carbocycles. The summed E-state index contributed by atoms with van der Waals surface area (Å²) in [5.41, 5.74) is 2.50. The van der Waals surface area contributed by atoms with E-state index in [1.54, 1.807) is 13.4 Å². The zero-order chi connectivity index (χ0) is 19.2. The number of benzene rings is 1. The number of fused-ring (bicyclic) bond motifs is 1. The molecule has 0 saturated carbocycles. The molecule has 8 heteroatoms. The van der Waals surface area contributed by atoms with E-state index >= 15 is 0 Å². The van der Waals surface area contributed by atoms with Crippen molar-refractivity contribution in [3.8, 4) is 5.75 Å². The average molecular weight is 371 g/mol. The van der Waals surface area contributed by atoms with Crippen molar-refractivity contribution in [3.63, 3.8) is 0 Å². The Morgan fingerprint density at radius 2 is 1.81 bits per heavy atom. The first-order valence-corrected chi connectivity index (χ1v) is 8.93. The lowest BCUT2D eigenvalue weighted by molar-refractivity contribution is 0.239. The lowest BCUT2D eigenvalue weighted by Crippen LogP contribution is -2.12. The minimum absolute atomic E-state index is 0.0199. The Morgan fingerprint density at radius 3 is 2.44 bits per heavy atom. The molecular formula is C19H25N5O3. The Kier molecular flexibility index (Phi) is 6.20. The molecule has 0 bridgehead atoms. The van der Waals surface area contributed by atoms with Crippen LogP contribution in [0.4, 0.5) is 5.82 Å². The van der Waals surface area contributed by atoms with Gasteiger partial charge in [0.1, 0.15) is 17.1 Å². The summed E-state index contributed by atoms with van der Waals surface area (Å²) in [5.74, 6) is 1.95. The maximum absolute atomic E-state index is 9.34. The van der Waals surface area contributed by atoms with Crippen LogP contribution in [0.5, 0.6) is 5.75 Å². The molecule has 0 atom stereocenters. The Bertz CT molecular complexity index is 873. The van der Waals surface area contributed by atoms with Crippen molar-refractivity contribution in [1.82, 2.24) is 19.5 Å². The summed E-state index contributed by atoms with van der Waals surface area (Å²) in [7, 11) is 3.52. The molecule has 3 rings (SSSR count). The Morgan fingerprint density at radius 1 is 1.11 bits per heavy atom. The summed E-state index contributed by atoms with van der Waals surface area (Å²) in [6.07, 6.45) is 2.71. The molecule has 0 unspecified atom stereocenters. The van der Waals surface area contributed by atoms with Gasteiger partial charge in [-0.15, -0.1) is 0 Å². The number of imidazole rings is 1. The molecule has 144 valence electrons. The minimum atomic E-state index is -0.110. The van der Waals surface area contributed by atoms with Crippen molar-refractivity contribution < 1.29 is 14.9 Å². The van der Waals surface area contributed by atoms with Crippen LogP contribution in [0.1, 0.15) is 30.1 Å². The monoisotopic (exact) mass is 371 g/mol. The number of aliphatic hydroxyl groups is 2. The molecule has 0 amide bonds. The highest BCUT2D eigenvalue weighted by atomic mass is 16.5. The Balaban J connectivity index is 1.90. The molecule has 1 aromatic carbocycles. The normalized spacial score (nSPS) is 11.3. The van der Waals surface area contributed by atoms with Gasteiger partial charge in [-0.2, -0.15) is 0 Å². The standard InChI is InChI=1S/C19H25N5O3/c1-24-12-21-16-18(20-11-13-3-5-15(27-2)6-4-13)22-17(23-19(16)24)14(7-9-25)8-10-26/h3-6,12,14,25-26H,7-11H2,1-2H3,(H,20,22,23). The van der Waals surface area contributed by atoms with Gasteiger partial charge in [-0.3, -0.25) is 0 Å². The van der Waals surface area contributed by atoms with Crippen molar-refractivity contribution in [2.45, 2.75) is 25.3 Å². The maximum atomic E-state index is 9.34. The van der Waals surface area contributed by atoms with Crippen LogP contribution in [0.3, 0.4) is 0 Å². The molecule has 2 aromatic heterocycles. The van der Waals surface area contributed by atoms with Crippen molar-refractivity contribution in [2.24, 2.45) is 7.05 Å². The maximum Gasteiger partial charge on any atom is 0.165 e. The molecule has 2 heterocycles. The van der Waals surface area contributed by atoms with Gasteiger partial charge in [-0.1, -0.05) is 12.1 Å². The fourth-order valence-corrected chi connectivity index (χ4v) is 2.97. The number of aryl methyl sites for hydroxylation is 1. The number of hydrogen-bond acceptors (Lipinski definition) is 7. The second-order valence-corrected chi connectivity index (χ2v) is 6.38. The molecule has 0 radical (unpaired) electrons. The molecule has 8 nitrogen and oxygen atoms in total. The summed E-state index contributed by atoms with van der Waals surface area (Å²) >= 11 is 0. The third kappa shape index (κ3) is 4.35. The molecule has 3 aromatic rings. The number of rotatable bonds is 9. The summed E-state index contributed by atoms with van der Waals surface area (Å²) in [5, 5.41) is 22.0. The van der Waals surface area contributed by atoms with E-state index < -0.39 is 0 Å². The molecule has 0 spiro atoms. The number of aromatic nitrogens is 4. The van der Waals surface area contributed by atoms with Crippen LogP contribution in [0, 0.1) is 0 Å². The lowest BCUT2D eigenvalue weighted by atomic mass is 10.0. The SMILES string of the molecule is COc1ccc(CNc2nc(C(CCO)CCO)nc3c2ncn3C)cc1. The first kappa shape index (κ1) is 19.1. The zero-order valence-electron chi connectivity index (χ0n) is 15.6. The van der Waals surface area contributed by atoms with Gasteiger partial charge in [0.25, 0.3) is 0 Å². The van der Waals surface area contributed by atoms with Gasteiger partial charge in [0.15, 0.2) is 11.5 Å². The van der Waals surface area contributed by atoms with E-state index in [1.165, 1.54) is 0 Å². The van der Waals surface area contributed by atoms with Crippen LogP contribution < -0.4 is 10.1 Å². The van der Waals surface area contributed by atoms with Crippen LogP contribution in [-0.2, 0) is 13.6 Å². The lowest BCUT2D eigenvalue weighted by Gasteiger charge is -2.15. The summed E-state index contributed by atoms with van der Waals surface area (Å²) in [6.45, 7) is 0.620. The fraction of sp³-hybridized carbons (Fsp3) is 0.421. The van der Waals surface area contributed by atoms with Crippen LogP contribution >= 0.6 is 0 Å². The van der Waals surface area contributed by atoms with Gasteiger partial charge in [0, 0.05) is 32.7 Å². The van der Waals surface area contributed by atoms with E-state index in [0.717, 1.165) is 17.0 Å². The van der Waals surface area contributed by atoms with E-state index in [4.69, 9.17) is 4.74 Å². The Hall–Kier alpha value is -2.71. The van der Waals surface area contributed by atoms with E-state index in [2.05, 4.69) is 20.3 Å². The van der Waals surface area contributed by atoms with E-state index in [1.807, 2.05) is 35.9 Å². The summed E-state index contributed by atoms with van der Waals surface area (Å²) in [4.78, 5) is 13.7. The molecule has 0 saturated heterocycles. The number of nitrogens with one attached hydrogen (secondary N) is 1. The van der Waals surface area contributed by atoms with Crippen LogP contribution in [-0.4, -0.2) is 50.1 Å². The van der Waals surface area contributed by atoms with Crippen molar-refractivity contribution in [3.05, 3.63) is 42.0 Å². The number of anilines is 1. The molecule has 0 aliphatic heterocycles. The van der Waals surface area contributed by atoms with Crippen LogP contribution in [0.2, 0.25) is 0 Å². The van der Waals surface area contributed by atoms with E-state index in [-0.39, 0.29) is 19.1 Å². The third-order valence-corrected chi connectivity index (χ3v) is 4.52. The van der Waals surface area contributed by atoms with Gasteiger partial charge < -0.3 is 24.8 Å². The number of ether oxygens (including phenoxy) is 1. The van der Waals surface area contributed by atoms with Gasteiger partial charge >= 0.3 is 0 Å². The number of aliphatic hydroxyl groups excluding tert-OH is 2. The average Bonchev–Trinajstić information content (AvgIpc) is 3.07. The highest BCUT2D eigenvalue weighted by molar-refractivity contribution is 5.83. The molecule has 0 aliphatic rings. The van der Waals surface area contributed by atoms with Crippen LogP contribution in [0.15, 0.2) is 30.6 Å². The quantitative estimate of drug-likeness (QED) is 0.527. The first-order valence-electron chi connectivity index (χ1n) is 8.93. The predicted molar refractivity (Wildman–Crippen MR) is 103 cm³/mol. The Labute approximate surface area is 157 Å². The molecule has 3 N–H and O–H groups in total. The third-order valence-electron chi connectivity index (χ3n) is 4.52. The molecule has 27 heavy (non-hydrogen) atoms. The molecule has 0 fully saturated rings. The summed E-state index contributed by atoms with van der Waals surface area (Å²) in [6, 6.07) is 7.81. The fourth-order valence-electron chi connectivity index (χ4n) is 2.97. The van der Waals surface area contributed by atoms with E-state index in [9.17, 15) is 10.2 Å². The topological polar surface area (TPSA) is 105 Å². The van der Waals surface area contributed by atoms with Gasteiger partial charge in [-0.25, -0.2) is 15.0 Å². The predicted octanol–water partition coefficient (Wildman–Crippen LogP) is 1.83. The van der Waals surface area contributed by atoms with Crippen molar-refractivity contribution in [1.29, 1.82) is 0 Å². The van der Waals surface area contributed by atoms with E-state index in [0.29, 0.717) is 36.5 Å². The summed E-state index contributed by atoms with van der Waals surface area (Å²) < 4.78 is 7.03. The highest BCUT2D eigenvalue weighted by Crippen LogP contribution is 2.26. The number of hydrogen-bond donors (Lipinski definition) is 3. The zero-order valence-corrected chi connectivity index (χ0v) is 15.6.